The second kappa shape index (κ2) is 4.63. The van der Waals surface area contributed by atoms with E-state index in [1.807, 2.05) is 48.0 Å². The van der Waals surface area contributed by atoms with Gasteiger partial charge in [0.15, 0.2) is 0 Å². The number of benzene rings is 1. The van der Waals surface area contributed by atoms with Crippen molar-refractivity contribution in [3.05, 3.63) is 59.4 Å². The van der Waals surface area contributed by atoms with Crippen molar-refractivity contribution in [2.24, 2.45) is 0 Å². The molecule has 3 aromatic rings. The molecule has 1 nitrogen and oxygen atoms in total. The van der Waals surface area contributed by atoms with Crippen LogP contribution in [0.4, 0.5) is 0 Å². The lowest BCUT2D eigenvalue weighted by Gasteiger charge is -1.82. The Balaban J connectivity index is 0.000000128. The summed E-state index contributed by atoms with van der Waals surface area (Å²) in [6.07, 6.45) is 1.82. The fourth-order valence-corrected chi connectivity index (χ4v) is 1.52. The minimum Gasteiger partial charge on any atom is -0.361 e. The zero-order valence-corrected chi connectivity index (χ0v) is 8.34. The molecule has 0 spiro atoms. The van der Waals surface area contributed by atoms with Crippen LogP contribution >= 0.6 is 11.3 Å². The maximum atomic E-state index is 3.06. The van der Waals surface area contributed by atoms with E-state index in [9.17, 15) is 0 Å². The van der Waals surface area contributed by atoms with Gasteiger partial charge in [-0.2, -0.15) is 0 Å². The Kier molecular flexibility index (Phi) is 2.99. The number of para-hydroxylation sites is 1. The van der Waals surface area contributed by atoms with E-state index in [1.54, 1.807) is 11.3 Å². The Labute approximate surface area is 87.0 Å². The summed E-state index contributed by atoms with van der Waals surface area (Å²) in [6.45, 7) is 0. The third-order valence-electron chi connectivity index (χ3n) is 1.76. The van der Waals surface area contributed by atoms with Gasteiger partial charge in [0.05, 0.1) is 0 Å². The molecule has 68 valence electrons. The molecule has 2 aromatic heterocycles. The van der Waals surface area contributed by atoms with E-state index in [-0.39, 0.29) is 0 Å². The molecule has 3 rings (SSSR count). The van der Waals surface area contributed by atoms with E-state index < -0.39 is 0 Å². The Bertz CT molecular complexity index is 420. The van der Waals surface area contributed by atoms with Crippen molar-refractivity contribution in [3.63, 3.8) is 0 Å². The Hall–Kier alpha value is -1.54. The highest BCUT2D eigenvalue weighted by molar-refractivity contribution is 7.07. The van der Waals surface area contributed by atoms with Gasteiger partial charge in [-0.15, -0.1) is 11.3 Å². The van der Waals surface area contributed by atoms with Crippen molar-refractivity contribution >= 4 is 22.2 Å². The monoisotopic (exact) mass is 199 g/mol. The largest absolute Gasteiger partial charge is 0.361 e. The summed E-state index contributed by atoms with van der Waals surface area (Å²) in [7, 11) is 0. The van der Waals surface area contributed by atoms with Gasteiger partial charge < -0.3 is 4.98 Å². The Morgan fingerprint density at radius 3 is 2.71 bits per heavy atom. The molecule has 0 unspecified atom stereocenters. The highest BCUT2D eigenvalue weighted by Gasteiger charge is 1.87. The van der Waals surface area contributed by atoms with Gasteiger partial charge in [0.2, 0.25) is 0 Å². The summed E-state index contributed by atoms with van der Waals surface area (Å²) < 4.78 is 0. The number of aromatic nitrogens is 1. The van der Waals surface area contributed by atoms with Crippen LogP contribution < -0.4 is 0 Å². The number of aromatic amines is 1. The molecule has 0 aliphatic rings. The first-order chi connectivity index (χ1) is 6.97. The normalized spacial score (nSPS) is 9.43. The predicted molar refractivity (Wildman–Crippen MR) is 60.3 cm³/mol. The maximum absolute atomic E-state index is 3.06. The van der Waals surface area contributed by atoms with Gasteiger partial charge in [-0.05, 0) is 17.5 Å². The lowest BCUT2D eigenvalue weighted by molar-refractivity contribution is 1.47. The standard InChI is InChI=1S/C8H6N.C4H3S/c1-2-4-8-7(3-1)5-6-9-8;1-2-4-5-3-1/h1-4,6,9H;1-3H. The molecule has 0 bridgehead atoms. The van der Waals surface area contributed by atoms with E-state index in [2.05, 4.69) is 16.4 Å². The average molecular weight is 199 g/mol. The molecule has 0 fully saturated rings. The van der Waals surface area contributed by atoms with E-state index in [1.165, 1.54) is 0 Å². The number of thiophene rings is 1. The van der Waals surface area contributed by atoms with Crippen LogP contribution in [0.25, 0.3) is 10.9 Å². The number of fused-ring (bicyclic) bond motifs is 1. The van der Waals surface area contributed by atoms with Crippen LogP contribution in [0, 0.1) is 11.4 Å². The number of hydrogen-bond acceptors (Lipinski definition) is 1. The summed E-state index contributed by atoms with van der Waals surface area (Å²) in [6, 6.07) is 15.0. The van der Waals surface area contributed by atoms with Gasteiger partial charge in [0, 0.05) is 28.5 Å². The van der Waals surface area contributed by atoms with Crippen molar-refractivity contribution in [2.75, 3.05) is 0 Å². The first-order valence-corrected chi connectivity index (χ1v) is 5.18. The Morgan fingerprint density at radius 2 is 2.07 bits per heavy atom. The third-order valence-corrected chi connectivity index (χ3v) is 2.33. The van der Waals surface area contributed by atoms with E-state index >= 15 is 0 Å². The summed E-state index contributed by atoms with van der Waals surface area (Å²) in [5.74, 6) is 0. The molecule has 2 radical (unpaired) electrons. The zero-order valence-electron chi connectivity index (χ0n) is 7.53. The molecule has 2 heterocycles. The topological polar surface area (TPSA) is 15.8 Å². The molecule has 0 aliphatic carbocycles. The van der Waals surface area contributed by atoms with Crippen molar-refractivity contribution in [2.45, 2.75) is 0 Å². The quantitative estimate of drug-likeness (QED) is 0.570. The number of rotatable bonds is 0. The molecule has 0 amide bonds. The second-order valence-corrected chi connectivity index (χ2v) is 3.45. The van der Waals surface area contributed by atoms with Crippen molar-refractivity contribution < 1.29 is 0 Å². The van der Waals surface area contributed by atoms with Gasteiger partial charge in [0.1, 0.15) is 0 Å². The average Bonchev–Trinajstić information content (AvgIpc) is 2.92. The molecule has 2 heteroatoms. The predicted octanol–water partition coefficient (Wildman–Crippen LogP) is 3.52. The fourth-order valence-electron chi connectivity index (χ4n) is 1.12. The first-order valence-electron chi connectivity index (χ1n) is 4.30. The smallest absolute Gasteiger partial charge is 0.0460 e. The third kappa shape index (κ3) is 2.24. The van der Waals surface area contributed by atoms with Crippen molar-refractivity contribution in [1.82, 2.24) is 4.98 Å². The molecule has 0 saturated carbocycles. The van der Waals surface area contributed by atoms with Gasteiger partial charge >= 0.3 is 0 Å². The lowest BCUT2D eigenvalue weighted by Crippen LogP contribution is -1.61. The van der Waals surface area contributed by atoms with Crippen LogP contribution in [0.3, 0.4) is 0 Å². The van der Waals surface area contributed by atoms with Crippen LogP contribution in [-0.4, -0.2) is 4.98 Å². The Morgan fingerprint density at radius 1 is 1.14 bits per heavy atom. The zero-order chi connectivity index (χ0) is 9.64. The molecule has 0 aliphatic heterocycles. The van der Waals surface area contributed by atoms with Gasteiger partial charge in [-0.25, -0.2) is 0 Å². The van der Waals surface area contributed by atoms with Gasteiger partial charge in [-0.1, -0.05) is 24.3 Å². The van der Waals surface area contributed by atoms with Crippen LogP contribution in [0.15, 0.2) is 48.0 Å². The molecule has 1 N–H and O–H groups in total. The molecular weight excluding hydrogens is 190 g/mol. The van der Waals surface area contributed by atoms with Gasteiger partial charge in [0.25, 0.3) is 0 Å². The lowest BCUT2D eigenvalue weighted by atomic mass is 10.3. The van der Waals surface area contributed by atoms with E-state index in [4.69, 9.17) is 0 Å². The highest BCUT2D eigenvalue weighted by atomic mass is 32.1. The van der Waals surface area contributed by atoms with E-state index in [0.29, 0.717) is 0 Å². The van der Waals surface area contributed by atoms with Crippen LogP contribution in [0.2, 0.25) is 0 Å². The van der Waals surface area contributed by atoms with Gasteiger partial charge in [-0.3, -0.25) is 0 Å². The minimum absolute atomic E-state index is 1.15. The number of H-pyrrole nitrogens is 1. The summed E-state index contributed by atoms with van der Waals surface area (Å²) in [5.41, 5.74) is 1.15. The molecule has 1 aromatic carbocycles. The molecule has 14 heavy (non-hydrogen) atoms. The fraction of sp³-hybridized carbons (Fsp3) is 0. The maximum Gasteiger partial charge on any atom is 0.0460 e. The highest BCUT2D eigenvalue weighted by Crippen LogP contribution is 2.08. The van der Waals surface area contributed by atoms with Crippen LogP contribution in [0.1, 0.15) is 0 Å². The number of hydrogen-bond donors (Lipinski definition) is 1. The number of nitrogens with one attached hydrogen (secondary N) is 1. The minimum atomic E-state index is 1.15. The van der Waals surface area contributed by atoms with Crippen molar-refractivity contribution in [1.29, 1.82) is 0 Å². The summed E-state index contributed by atoms with van der Waals surface area (Å²) in [5, 5.41) is 6.04. The summed E-state index contributed by atoms with van der Waals surface area (Å²) in [4.78, 5) is 3.06. The second-order valence-electron chi connectivity index (χ2n) is 2.71. The molecule has 0 atom stereocenters. The van der Waals surface area contributed by atoms with Crippen LogP contribution in [-0.2, 0) is 0 Å². The molecule has 0 saturated heterocycles. The first kappa shape index (κ1) is 9.03. The summed E-state index contributed by atoms with van der Waals surface area (Å²) >= 11 is 1.59. The van der Waals surface area contributed by atoms with Crippen LogP contribution in [0.5, 0.6) is 0 Å². The van der Waals surface area contributed by atoms with E-state index in [0.717, 1.165) is 10.9 Å². The van der Waals surface area contributed by atoms with Crippen molar-refractivity contribution in [3.8, 4) is 0 Å². The molecular formula is C12H9NS. The SMILES string of the molecule is [c]1c[nH]c2ccccc12.[c]1cccs1.